The summed E-state index contributed by atoms with van der Waals surface area (Å²) in [5.74, 6) is 0.847. The smallest absolute Gasteiger partial charge is 0.119 e. The molecular formula is C19H22N2O2. The molecule has 3 aliphatic heterocycles. The molecule has 0 spiro atoms. The summed E-state index contributed by atoms with van der Waals surface area (Å²) >= 11 is 0. The third kappa shape index (κ3) is 1.98. The van der Waals surface area contributed by atoms with Crippen LogP contribution in [0.25, 0.3) is 16.5 Å². The SMILES string of the molecule is C=C1c2[nH]c3ccc(OC)cc3c2CN2CCC1(O)C(=CC)C2. The molecule has 4 heterocycles. The van der Waals surface area contributed by atoms with Crippen molar-refractivity contribution in [2.24, 2.45) is 0 Å². The molecule has 0 saturated carbocycles. The van der Waals surface area contributed by atoms with Crippen LogP contribution in [0.2, 0.25) is 0 Å². The molecule has 1 fully saturated rings. The summed E-state index contributed by atoms with van der Waals surface area (Å²) in [6.07, 6.45) is 2.73. The molecule has 1 saturated heterocycles. The molecule has 2 unspecified atom stereocenters. The Kier molecular flexibility index (Phi) is 3.15. The van der Waals surface area contributed by atoms with E-state index in [4.69, 9.17) is 4.74 Å². The van der Waals surface area contributed by atoms with Crippen molar-refractivity contribution in [1.29, 1.82) is 0 Å². The lowest BCUT2D eigenvalue weighted by Gasteiger charge is -2.44. The van der Waals surface area contributed by atoms with Gasteiger partial charge in [-0.15, -0.1) is 0 Å². The fourth-order valence-electron chi connectivity index (χ4n) is 3.95. The lowest BCUT2D eigenvalue weighted by Crippen LogP contribution is -2.48. The number of fused-ring (bicyclic) bond motifs is 3. The van der Waals surface area contributed by atoms with E-state index in [0.717, 1.165) is 53.1 Å². The van der Waals surface area contributed by atoms with E-state index < -0.39 is 5.60 Å². The standard InChI is InChI=1S/C19H22N2O2/c1-4-13-10-21-8-7-19(13,22)12(2)18-16(11-21)15-9-14(23-3)5-6-17(15)20-18/h4-6,9,20,22H,2,7-8,10-11H2,1,3H3. The van der Waals surface area contributed by atoms with Gasteiger partial charge in [-0.2, -0.15) is 0 Å². The second-order valence-electron chi connectivity index (χ2n) is 6.50. The van der Waals surface area contributed by atoms with Gasteiger partial charge in [0.15, 0.2) is 0 Å². The first-order valence-corrected chi connectivity index (χ1v) is 8.05. The molecule has 2 aromatic rings. The van der Waals surface area contributed by atoms with E-state index in [1.807, 2.05) is 25.1 Å². The summed E-state index contributed by atoms with van der Waals surface area (Å²) in [5, 5.41) is 12.4. The highest BCUT2D eigenvalue weighted by Crippen LogP contribution is 2.44. The Morgan fingerprint density at radius 3 is 2.96 bits per heavy atom. The molecule has 0 aliphatic carbocycles. The van der Waals surface area contributed by atoms with Crippen LogP contribution in [0.3, 0.4) is 0 Å². The van der Waals surface area contributed by atoms with Crippen LogP contribution in [-0.4, -0.2) is 40.8 Å². The van der Waals surface area contributed by atoms with E-state index in [1.54, 1.807) is 7.11 Å². The van der Waals surface area contributed by atoms with E-state index in [0.29, 0.717) is 6.42 Å². The summed E-state index contributed by atoms with van der Waals surface area (Å²) in [4.78, 5) is 5.86. The monoisotopic (exact) mass is 310 g/mol. The average molecular weight is 310 g/mol. The first kappa shape index (κ1) is 14.5. The largest absolute Gasteiger partial charge is 0.497 e. The van der Waals surface area contributed by atoms with Crippen LogP contribution in [0.4, 0.5) is 0 Å². The molecule has 23 heavy (non-hydrogen) atoms. The van der Waals surface area contributed by atoms with E-state index in [-0.39, 0.29) is 0 Å². The minimum atomic E-state index is -0.939. The number of methoxy groups -OCH3 is 1. The van der Waals surface area contributed by atoms with Crippen molar-refractivity contribution in [2.75, 3.05) is 20.2 Å². The number of hydrogen-bond donors (Lipinski definition) is 2. The third-order valence-electron chi connectivity index (χ3n) is 5.36. The molecular weight excluding hydrogens is 288 g/mol. The highest BCUT2D eigenvalue weighted by Gasteiger charge is 2.42. The number of aromatic amines is 1. The predicted octanol–water partition coefficient (Wildman–Crippen LogP) is 3.09. The zero-order valence-corrected chi connectivity index (χ0v) is 13.6. The summed E-state index contributed by atoms with van der Waals surface area (Å²) in [5.41, 5.74) is 4.14. The maximum atomic E-state index is 11.3. The molecule has 0 radical (unpaired) electrons. The number of piperidine rings is 1. The number of nitrogens with one attached hydrogen (secondary N) is 1. The van der Waals surface area contributed by atoms with Gasteiger partial charge in [-0.25, -0.2) is 0 Å². The number of benzene rings is 1. The molecule has 2 atom stereocenters. The molecule has 3 aliphatic rings. The Bertz CT molecular complexity index is 833. The van der Waals surface area contributed by atoms with Crippen molar-refractivity contribution >= 4 is 16.5 Å². The second-order valence-corrected chi connectivity index (χ2v) is 6.50. The van der Waals surface area contributed by atoms with Gasteiger partial charge >= 0.3 is 0 Å². The van der Waals surface area contributed by atoms with Crippen molar-refractivity contribution in [2.45, 2.75) is 25.5 Å². The Morgan fingerprint density at radius 2 is 2.22 bits per heavy atom. The zero-order chi connectivity index (χ0) is 16.2. The Labute approximate surface area is 136 Å². The molecule has 120 valence electrons. The van der Waals surface area contributed by atoms with E-state index in [2.05, 4.69) is 22.5 Å². The Morgan fingerprint density at radius 1 is 1.39 bits per heavy atom. The zero-order valence-electron chi connectivity index (χ0n) is 13.6. The Balaban J connectivity index is 1.96. The number of rotatable bonds is 1. The van der Waals surface area contributed by atoms with Gasteiger partial charge in [0.1, 0.15) is 11.4 Å². The maximum Gasteiger partial charge on any atom is 0.119 e. The minimum Gasteiger partial charge on any atom is -0.497 e. The third-order valence-corrected chi connectivity index (χ3v) is 5.36. The number of aromatic nitrogens is 1. The van der Waals surface area contributed by atoms with Gasteiger partial charge in [0, 0.05) is 41.8 Å². The van der Waals surface area contributed by atoms with E-state index >= 15 is 0 Å². The van der Waals surface area contributed by atoms with Crippen LogP contribution < -0.4 is 4.74 Å². The van der Waals surface area contributed by atoms with Crippen LogP contribution in [0.1, 0.15) is 24.6 Å². The van der Waals surface area contributed by atoms with Crippen molar-refractivity contribution in [3.05, 3.63) is 47.7 Å². The number of nitrogens with zero attached hydrogens (tertiary/aromatic N) is 1. The molecule has 1 aromatic carbocycles. The van der Waals surface area contributed by atoms with Gasteiger partial charge in [0.25, 0.3) is 0 Å². The lowest BCUT2D eigenvalue weighted by atomic mass is 9.76. The van der Waals surface area contributed by atoms with Crippen molar-refractivity contribution < 1.29 is 9.84 Å². The van der Waals surface area contributed by atoms with Gasteiger partial charge in [-0.05, 0) is 42.7 Å². The maximum absolute atomic E-state index is 11.3. The first-order valence-electron chi connectivity index (χ1n) is 8.05. The second kappa shape index (κ2) is 4.98. The van der Waals surface area contributed by atoms with Crippen LogP contribution in [-0.2, 0) is 6.54 Å². The van der Waals surface area contributed by atoms with Gasteiger partial charge in [-0.1, -0.05) is 12.7 Å². The van der Waals surface area contributed by atoms with Crippen LogP contribution in [0.5, 0.6) is 5.75 Å². The lowest BCUT2D eigenvalue weighted by molar-refractivity contribution is 0.0709. The van der Waals surface area contributed by atoms with Crippen molar-refractivity contribution in [3.63, 3.8) is 0 Å². The summed E-state index contributed by atoms with van der Waals surface area (Å²) in [7, 11) is 1.68. The number of H-pyrrole nitrogens is 1. The van der Waals surface area contributed by atoms with Crippen LogP contribution in [0, 0.1) is 0 Å². The molecule has 2 N–H and O–H groups in total. The summed E-state index contributed by atoms with van der Waals surface area (Å²) < 4.78 is 5.37. The first-order chi connectivity index (χ1) is 11.1. The predicted molar refractivity (Wildman–Crippen MR) is 92.5 cm³/mol. The van der Waals surface area contributed by atoms with Crippen molar-refractivity contribution in [1.82, 2.24) is 9.88 Å². The highest BCUT2D eigenvalue weighted by molar-refractivity contribution is 5.92. The topological polar surface area (TPSA) is 48.5 Å². The van der Waals surface area contributed by atoms with Gasteiger partial charge in [-0.3, -0.25) is 4.90 Å². The van der Waals surface area contributed by atoms with Gasteiger partial charge in [0.05, 0.1) is 7.11 Å². The molecule has 2 bridgehead atoms. The fourth-order valence-corrected chi connectivity index (χ4v) is 3.95. The van der Waals surface area contributed by atoms with Crippen molar-refractivity contribution in [3.8, 4) is 5.75 Å². The van der Waals surface area contributed by atoms with Crippen LogP contribution in [0.15, 0.2) is 36.4 Å². The molecule has 4 heteroatoms. The highest BCUT2D eigenvalue weighted by atomic mass is 16.5. The summed E-state index contributed by atoms with van der Waals surface area (Å²) in [6, 6.07) is 6.05. The molecule has 0 amide bonds. The average Bonchev–Trinajstić information content (AvgIpc) is 2.91. The number of allylic oxidation sites excluding steroid dienone is 1. The fraction of sp³-hybridized carbons (Fsp3) is 0.368. The van der Waals surface area contributed by atoms with E-state index in [1.165, 1.54) is 5.56 Å². The Hall–Kier alpha value is -2.04. The number of aliphatic hydroxyl groups is 1. The minimum absolute atomic E-state index is 0.698. The van der Waals surface area contributed by atoms with E-state index in [9.17, 15) is 5.11 Å². The summed E-state index contributed by atoms with van der Waals surface area (Å²) in [6.45, 7) is 8.79. The molecule has 4 nitrogen and oxygen atoms in total. The van der Waals surface area contributed by atoms with Gasteiger partial charge < -0.3 is 14.8 Å². The quantitative estimate of drug-likeness (QED) is 0.796. The molecule has 5 rings (SSSR count). The van der Waals surface area contributed by atoms with Gasteiger partial charge in [0.2, 0.25) is 0 Å². The number of ether oxygens (including phenoxy) is 1. The normalized spacial score (nSPS) is 28.7. The number of hydrogen-bond acceptors (Lipinski definition) is 3. The molecule has 1 aromatic heterocycles. The van der Waals surface area contributed by atoms with Crippen LogP contribution >= 0.6 is 0 Å².